The lowest BCUT2D eigenvalue weighted by Gasteiger charge is -2.35. The first-order valence-corrected chi connectivity index (χ1v) is 20.7. The topological polar surface area (TPSA) is 109 Å². The van der Waals surface area contributed by atoms with Crippen molar-refractivity contribution in [3.63, 3.8) is 0 Å². The van der Waals surface area contributed by atoms with Crippen LogP contribution in [0.4, 0.5) is 4.39 Å². The first-order valence-electron chi connectivity index (χ1n) is 19.9. The number of para-hydroxylation sites is 1. The number of amides is 2. The van der Waals surface area contributed by atoms with E-state index in [9.17, 15) is 24.0 Å². The molecule has 61 heavy (non-hydrogen) atoms. The molecule has 316 valence electrons. The number of nitriles is 1. The number of esters is 1. The number of nitrogens with zero attached hydrogens (tertiary/aromatic N) is 2. The van der Waals surface area contributed by atoms with Crippen LogP contribution in [-0.4, -0.2) is 28.3 Å². The average molecular weight is 863 g/mol. The number of nitrogens with one attached hydrogen (secondary N) is 1. The van der Waals surface area contributed by atoms with Gasteiger partial charge in [0.1, 0.15) is 11.8 Å². The molecule has 5 aromatic carbocycles. The number of allylic oxidation sites excluding steroid dienone is 1. The van der Waals surface area contributed by atoms with E-state index in [4.69, 9.17) is 32.7 Å². The van der Waals surface area contributed by atoms with Crippen LogP contribution in [-0.2, 0) is 16.0 Å². The summed E-state index contributed by atoms with van der Waals surface area (Å²) in [7, 11) is 0. The molecule has 0 radical (unpaired) electrons. The molecule has 0 saturated heterocycles. The minimum atomic E-state index is -1.21. The number of halogens is 3. The quantitative estimate of drug-likeness (QED) is 0.111. The number of hydrazine groups is 1. The molecule has 3 unspecified atom stereocenters. The maximum absolute atomic E-state index is 14.3. The normalized spacial score (nSPS) is 15.9. The monoisotopic (exact) mass is 861 g/mol. The maximum Gasteiger partial charge on any atom is 0.311 e. The molecule has 1 saturated carbocycles. The van der Waals surface area contributed by atoms with E-state index in [0.717, 1.165) is 23.1 Å². The Kier molecular flexibility index (Phi) is 14.8. The summed E-state index contributed by atoms with van der Waals surface area (Å²) in [4.78, 5) is 38.8. The molecule has 8 nitrogen and oxygen atoms in total. The number of rotatable bonds is 10. The van der Waals surface area contributed by atoms with Crippen LogP contribution in [0.1, 0.15) is 96.2 Å². The predicted molar refractivity (Wildman–Crippen MR) is 239 cm³/mol. The molecular weight excluding hydrogens is 812 g/mol. The third kappa shape index (κ3) is 11.9. The van der Waals surface area contributed by atoms with Gasteiger partial charge in [-0.25, -0.2) is 9.40 Å². The van der Waals surface area contributed by atoms with Crippen LogP contribution in [0, 0.1) is 48.2 Å². The molecule has 0 bridgehead atoms. The zero-order chi connectivity index (χ0) is 44.6. The minimum absolute atomic E-state index is 0.0627. The minimum Gasteiger partial charge on any atom is -0.454 e. The highest BCUT2D eigenvalue weighted by molar-refractivity contribution is 6.48. The van der Waals surface area contributed by atoms with Gasteiger partial charge in [-0.2, -0.15) is 5.26 Å². The summed E-state index contributed by atoms with van der Waals surface area (Å²) in [6.07, 6.45) is 1.54. The smallest absolute Gasteiger partial charge is 0.311 e. The van der Waals surface area contributed by atoms with Crippen LogP contribution in [0.2, 0.25) is 5.02 Å². The highest BCUT2D eigenvalue weighted by Gasteiger charge is 2.62. The zero-order valence-corrected chi connectivity index (χ0v) is 37.1. The van der Waals surface area contributed by atoms with Crippen molar-refractivity contribution in [3.05, 3.63) is 171 Å². The lowest BCUT2D eigenvalue weighted by Crippen LogP contribution is -2.55. The summed E-state index contributed by atoms with van der Waals surface area (Å²) in [6, 6.07) is 34.9. The van der Waals surface area contributed by atoms with Crippen LogP contribution in [0.5, 0.6) is 11.5 Å². The summed E-state index contributed by atoms with van der Waals surface area (Å²) in [5.41, 5.74) is 7.25. The molecule has 3 atom stereocenters. The fraction of sp³-hybridized carbons (Fsp3) is 0.280. The van der Waals surface area contributed by atoms with Crippen molar-refractivity contribution >= 4 is 46.0 Å². The molecule has 0 spiro atoms. The Bertz CT molecular complexity index is 2420. The van der Waals surface area contributed by atoms with Gasteiger partial charge in [-0.3, -0.25) is 19.8 Å². The molecule has 1 fully saturated rings. The van der Waals surface area contributed by atoms with Crippen LogP contribution in [0.15, 0.2) is 121 Å². The second-order valence-electron chi connectivity index (χ2n) is 16.6. The summed E-state index contributed by atoms with van der Waals surface area (Å²) >= 11 is 12.4. The largest absolute Gasteiger partial charge is 0.454 e. The number of benzene rings is 5. The first-order chi connectivity index (χ1) is 28.8. The van der Waals surface area contributed by atoms with Crippen molar-refractivity contribution < 1.29 is 28.2 Å². The highest BCUT2D eigenvalue weighted by Crippen LogP contribution is 2.60. The lowest BCUT2D eigenvalue weighted by molar-refractivity contribution is -0.149. The van der Waals surface area contributed by atoms with Gasteiger partial charge in [0, 0.05) is 26.7 Å². The van der Waals surface area contributed by atoms with Gasteiger partial charge in [0.2, 0.25) is 6.10 Å². The molecule has 1 aliphatic carbocycles. The van der Waals surface area contributed by atoms with E-state index in [1.165, 1.54) is 28.8 Å². The van der Waals surface area contributed by atoms with E-state index in [1.807, 2.05) is 97.0 Å². The number of carbonyl (C=O) groups excluding carboxylic acids is 3. The van der Waals surface area contributed by atoms with Gasteiger partial charge in [-0.1, -0.05) is 116 Å². The Balaban J connectivity index is 0.000000242. The molecule has 11 heteroatoms. The second kappa shape index (κ2) is 19.6. The molecule has 0 aliphatic heterocycles. The van der Waals surface area contributed by atoms with Gasteiger partial charge in [0.05, 0.1) is 11.5 Å². The fourth-order valence-electron chi connectivity index (χ4n) is 6.85. The second-order valence-corrected chi connectivity index (χ2v) is 17.4. The zero-order valence-electron chi connectivity index (χ0n) is 35.6. The molecule has 1 N–H and O–H groups in total. The summed E-state index contributed by atoms with van der Waals surface area (Å²) in [6.45, 7) is 15.6. The first kappa shape index (κ1) is 46.1. The van der Waals surface area contributed by atoms with E-state index < -0.39 is 34.8 Å². The standard InChI is InChI=1S/C28H22Cl2FNO3.C22H28N2O2/c1-28(2)21(15-22(30)17-8-11-19(29)12-9-17)26(28)27(33)35-25(16-32)18-10-13-23(31)24(14-18)34-20-6-4-3-5-7-20;1-7-17-8-10-18(11-9-17)20(25)23-24(22(4,5)6)21(26)19-13-15(2)12-16(3)14-19/h3-15,21,25-26H,1-2H3;8-14H,7H2,1-6H3,(H,23,25)/b22-15-;. The van der Waals surface area contributed by atoms with Crippen LogP contribution >= 0.6 is 23.2 Å². The summed E-state index contributed by atoms with van der Waals surface area (Å²) in [5.74, 6) is -1.87. The maximum atomic E-state index is 14.3. The van der Waals surface area contributed by atoms with Crippen LogP contribution < -0.4 is 10.2 Å². The van der Waals surface area contributed by atoms with Gasteiger partial charge in [-0.05, 0) is 124 Å². The Morgan fingerprint density at radius 2 is 1.49 bits per heavy atom. The van der Waals surface area contributed by atoms with Gasteiger partial charge in [0.25, 0.3) is 11.8 Å². The highest BCUT2D eigenvalue weighted by atomic mass is 35.5. The number of hydrogen-bond donors (Lipinski definition) is 1. The molecule has 2 amide bonds. The Hall–Kier alpha value is -5.95. The van der Waals surface area contributed by atoms with Crippen molar-refractivity contribution in [1.82, 2.24) is 10.4 Å². The molecule has 0 heterocycles. The third-order valence-electron chi connectivity index (χ3n) is 10.4. The summed E-state index contributed by atoms with van der Waals surface area (Å²) in [5, 5.41) is 12.2. The molecule has 0 aromatic heterocycles. The average Bonchev–Trinajstić information content (AvgIpc) is 3.77. The third-order valence-corrected chi connectivity index (χ3v) is 11.0. The van der Waals surface area contributed by atoms with Crippen molar-refractivity contribution in [3.8, 4) is 17.6 Å². The fourth-order valence-corrected chi connectivity index (χ4v) is 7.23. The van der Waals surface area contributed by atoms with Crippen molar-refractivity contribution in [2.75, 3.05) is 0 Å². The van der Waals surface area contributed by atoms with E-state index in [0.29, 0.717) is 32.5 Å². The summed E-state index contributed by atoms with van der Waals surface area (Å²) < 4.78 is 25.5. The van der Waals surface area contributed by atoms with E-state index in [1.54, 1.807) is 60.7 Å². The molecule has 5 aromatic rings. The SMILES string of the molecule is CC1(C)C(/C=C(\Cl)c2ccc(Cl)cc2)C1C(=O)OC(C#N)c1ccc(F)c(Oc2ccccc2)c1.CCc1ccc(C(=O)NN(C(=O)c2cc(C)cc(C)c2)C(C)(C)C)cc1. The van der Waals surface area contributed by atoms with Crippen molar-refractivity contribution in [2.45, 2.75) is 73.5 Å². The lowest BCUT2D eigenvalue weighted by atomic mass is 10.0. The number of hydrogen-bond acceptors (Lipinski definition) is 6. The molecule has 1 aliphatic rings. The van der Waals surface area contributed by atoms with Gasteiger partial charge in [-0.15, -0.1) is 0 Å². The van der Waals surface area contributed by atoms with Crippen LogP contribution in [0.3, 0.4) is 0 Å². The van der Waals surface area contributed by atoms with Crippen molar-refractivity contribution in [2.24, 2.45) is 17.3 Å². The predicted octanol–water partition coefficient (Wildman–Crippen LogP) is 12.4. The Morgan fingerprint density at radius 1 is 0.885 bits per heavy atom. The van der Waals surface area contributed by atoms with E-state index in [2.05, 4.69) is 12.3 Å². The van der Waals surface area contributed by atoms with Crippen molar-refractivity contribution in [1.29, 1.82) is 5.26 Å². The van der Waals surface area contributed by atoms with Crippen LogP contribution in [0.25, 0.3) is 5.03 Å². The number of carbonyl (C=O) groups is 3. The van der Waals surface area contributed by atoms with Gasteiger partial charge in [0.15, 0.2) is 11.6 Å². The van der Waals surface area contributed by atoms with Gasteiger partial charge < -0.3 is 9.47 Å². The van der Waals surface area contributed by atoms with Gasteiger partial charge >= 0.3 is 5.97 Å². The Labute approximate surface area is 367 Å². The van der Waals surface area contributed by atoms with E-state index >= 15 is 0 Å². The van der Waals surface area contributed by atoms with E-state index in [-0.39, 0.29) is 23.5 Å². The Morgan fingerprint density at radius 3 is 2.07 bits per heavy atom. The number of ether oxygens (including phenoxy) is 2. The number of aryl methyl sites for hydroxylation is 3. The molecule has 6 rings (SSSR count). The molecular formula is C50H50Cl2FN3O5.